The van der Waals surface area contributed by atoms with Crippen molar-refractivity contribution < 1.29 is 33.5 Å². The minimum atomic E-state index is -0.720. The summed E-state index contributed by atoms with van der Waals surface area (Å²) in [5, 5.41) is 5.27. The third kappa shape index (κ3) is 5.46. The quantitative estimate of drug-likeness (QED) is 0.105. The molecule has 194 valence electrons. The van der Waals surface area contributed by atoms with Crippen LogP contribution in [0.1, 0.15) is 0 Å². The van der Waals surface area contributed by atoms with E-state index >= 15 is 0 Å². The van der Waals surface area contributed by atoms with Crippen LogP contribution in [0.25, 0.3) is 55.1 Å². The van der Waals surface area contributed by atoms with Gasteiger partial charge in [0.15, 0.2) is 0 Å². The second-order valence-corrected chi connectivity index (χ2v) is 8.98. The Morgan fingerprint density at radius 2 is 1.43 bits per heavy atom. The van der Waals surface area contributed by atoms with Crippen LogP contribution in [0.4, 0.5) is 8.78 Å². The SMILES string of the molecule is [CH2-][n+]1ccc2ccccc2c1-c1[c-]c(F)cc(F)c1.[Ir+3].[c-]1ccccc1-c1ncc2ccc3ccccc3c2n1. The zero-order chi connectivity index (χ0) is 26.8. The predicted molar refractivity (Wildman–Crippen MR) is 150 cm³/mol. The zero-order valence-electron chi connectivity index (χ0n) is 21.1. The number of fused-ring (bicyclic) bond motifs is 4. The Hall–Kier alpha value is -4.51. The van der Waals surface area contributed by atoms with Gasteiger partial charge in [-0.2, -0.15) is 0 Å². The standard InChI is InChI=1S/C18H11N2.C16H10F2N.Ir/c1-2-7-14(8-3-1)18-19-12-15-11-10-13-6-4-5-9-16(13)17(15)20-18;1-19-7-6-11-4-2-3-5-15(11)16(19)12-8-13(17)10-14(18)9-12;/h1-7,9-12H;2-8,10H,1H2;/q2*-1;+3. The molecule has 0 amide bonds. The Labute approximate surface area is 244 Å². The molecule has 0 atom stereocenters. The van der Waals surface area contributed by atoms with Crippen LogP contribution in [0.3, 0.4) is 0 Å². The second kappa shape index (κ2) is 11.7. The van der Waals surface area contributed by atoms with Crippen molar-refractivity contribution in [1.82, 2.24) is 9.97 Å². The van der Waals surface area contributed by atoms with Gasteiger partial charge in [-0.05, 0) is 16.8 Å². The molecule has 40 heavy (non-hydrogen) atoms. The van der Waals surface area contributed by atoms with E-state index in [1.54, 1.807) is 10.8 Å². The summed E-state index contributed by atoms with van der Waals surface area (Å²) in [7, 11) is 3.86. The molecule has 0 N–H and O–H groups in total. The van der Waals surface area contributed by atoms with Gasteiger partial charge >= 0.3 is 20.1 Å². The molecule has 0 aliphatic heterocycles. The molecular formula is C34H21F2IrN3+. The number of halogens is 2. The topological polar surface area (TPSA) is 29.7 Å². The first-order valence-electron chi connectivity index (χ1n) is 12.3. The van der Waals surface area contributed by atoms with Gasteiger partial charge in [0.25, 0.3) is 0 Å². The van der Waals surface area contributed by atoms with Gasteiger partial charge in [0.2, 0.25) is 0 Å². The molecule has 7 rings (SSSR count). The van der Waals surface area contributed by atoms with Crippen LogP contribution in [0.2, 0.25) is 0 Å². The summed E-state index contributed by atoms with van der Waals surface area (Å²) < 4.78 is 28.3. The average Bonchev–Trinajstić information content (AvgIpc) is 2.97. The molecule has 0 aliphatic carbocycles. The predicted octanol–water partition coefficient (Wildman–Crippen LogP) is 7.76. The van der Waals surface area contributed by atoms with Gasteiger partial charge in [-0.25, -0.2) is 8.78 Å². The zero-order valence-corrected chi connectivity index (χ0v) is 23.5. The third-order valence-corrected chi connectivity index (χ3v) is 6.42. The van der Waals surface area contributed by atoms with Crippen LogP contribution >= 0.6 is 0 Å². The fourth-order valence-electron chi connectivity index (χ4n) is 4.61. The summed E-state index contributed by atoms with van der Waals surface area (Å²) in [4.78, 5) is 9.17. The fraction of sp³-hybridized carbons (Fsp3) is 0. The molecule has 6 heteroatoms. The molecule has 0 fully saturated rings. The van der Waals surface area contributed by atoms with Crippen molar-refractivity contribution in [3.63, 3.8) is 0 Å². The van der Waals surface area contributed by atoms with Crippen molar-refractivity contribution in [3.05, 3.63) is 146 Å². The summed E-state index contributed by atoms with van der Waals surface area (Å²) in [6.07, 6.45) is 3.64. The van der Waals surface area contributed by atoms with Crippen LogP contribution in [-0.2, 0) is 20.1 Å². The van der Waals surface area contributed by atoms with E-state index in [1.807, 2.05) is 72.9 Å². The van der Waals surface area contributed by atoms with Crippen LogP contribution < -0.4 is 4.57 Å². The molecule has 0 unspecified atom stereocenters. The monoisotopic (exact) mass is 702 g/mol. The molecule has 3 nitrogen and oxygen atoms in total. The molecule has 0 saturated carbocycles. The summed E-state index contributed by atoms with van der Waals surface area (Å²) in [6.45, 7) is 0. The van der Waals surface area contributed by atoms with E-state index in [-0.39, 0.29) is 20.1 Å². The summed E-state index contributed by atoms with van der Waals surface area (Å²) >= 11 is 0. The van der Waals surface area contributed by atoms with Crippen molar-refractivity contribution in [2.45, 2.75) is 0 Å². The van der Waals surface area contributed by atoms with Crippen molar-refractivity contribution in [2.75, 3.05) is 0 Å². The van der Waals surface area contributed by atoms with Gasteiger partial charge in [0.05, 0.1) is 17.5 Å². The number of aromatic nitrogens is 3. The molecular weight excluding hydrogens is 681 g/mol. The van der Waals surface area contributed by atoms with Crippen molar-refractivity contribution in [2.24, 2.45) is 0 Å². The van der Waals surface area contributed by atoms with E-state index in [0.29, 0.717) is 11.3 Å². The largest absolute Gasteiger partial charge is 3.00 e. The molecule has 0 spiro atoms. The first-order chi connectivity index (χ1) is 19.1. The maximum absolute atomic E-state index is 13.4. The van der Waals surface area contributed by atoms with E-state index in [9.17, 15) is 8.78 Å². The smallest absolute Gasteiger partial charge is 0.320 e. The van der Waals surface area contributed by atoms with E-state index in [1.165, 1.54) is 11.5 Å². The van der Waals surface area contributed by atoms with Gasteiger partial charge in [0, 0.05) is 41.0 Å². The minimum absolute atomic E-state index is 0. The van der Waals surface area contributed by atoms with Crippen LogP contribution in [-0.4, -0.2) is 9.97 Å². The van der Waals surface area contributed by atoms with Gasteiger partial charge < -0.3 is 4.57 Å². The number of nitrogens with zero attached hydrogens (tertiary/aromatic N) is 3. The van der Waals surface area contributed by atoms with E-state index in [4.69, 9.17) is 4.98 Å². The fourth-order valence-corrected chi connectivity index (χ4v) is 4.61. The summed E-state index contributed by atoms with van der Waals surface area (Å²) in [6, 6.07) is 37.5. The molecule has 0 saturated heterocycles. The number of hydrogen-bond acceptors (Lipinski definition) is 2. The third-order valence-electron chi connectivity index (χ3n) is 6.42. The van der Waals surface area contributed by atoms with Crippen LogP contribution in [0.15, 0.2) is 116 Å². The normalized spacial score (nSPS) is 10.7. The van der Waals surface area contributed by atoms with Gasteiger partial charge in [-0.3, -0.25) is 9.97 Å². The van der Waals surface area contributed by atoms with E-state index in [2.05, 4.69) is 48.4 Å². The van der Waals surface area contributed by atoms with Crippen LogP contribution in [0, 0.1) is 30.8 Å². The first kappa shape index (κ1) is 27.1. The molecule has 7 aromatic rings. The van der Waals surface area contributed by atoms with E-state index in [0.717, 1.165) is 44.5 Å². The number of hydrogen-bond donors (Lipinski definition) is 0. The van der Waals surface area contributed by atoms with E-state index < -0.39 is 11.6 Å². The first-order valence-corrected chi connectivity index (χ1v) is 12.3. The maximum Gasteiger partial charge on any atom is 3.00 e. The number of pyridine rings is 1. The van der Waals surface area contributed by atoms with Crippen LogP contribution in [0.5, 0.6) is 0 Å². The Bertz CT molecular complexity index is 1940. The Morgan fingerprint density at radius 1 is 0.725 bits per heavy atom. The van der Waals surface area contributed by atoms with Gasteiger partial charge in [0.1, 0.15) is 5.69 Å². The molecule has 5 aromatic carbocycles. The Kier molecular flexibility index (Phi) is 7.92. The average molecular weight is 702 g/mol. The van der Waals surface area contributed by atoms with Crippen molar-refractivity contribution in [3.8, 4) is 22.6 Å². The molecule has 0 bridgehead atoms. The number of benzene rings is 5. The second-order valence-electron chi connectivity index (χ2n) is 8.98. The maximum atomic E-state index is 13.4. The molecule has 2 aromatic heterocycles. The van der Waals surface area contributed by atoms with Crippen molar-refractivity contribution in [1.29, 1.82) is 0 Å². The Balaban J connectivity index is 0.000000158. The summed E-state index contributed by atoms with van der Waals surface area (Å²) in [5.41, 5.74) is 2.90. The van der Waals surface area contributed by atoms with Crippen molar-refractivity contribution >= 4 is 32.4 Å². The Morgan fingerprint density at radius 3 is 2.17 bits per heavy atom. The molecule has 0 radical (unpaired) electrons. The minimum Gasteiger partial charge on any atom is -0.320 e. The van der Waals surface area contributed by atoms with Gasteiger partial charge in [-0.15, -0.1) is 42.0 Å². The summed E-state index contributed by atoms with van der Waals surface area (Å²) in [5.74, 6) is -0.628. The molecule has 2 heterocycles. The number of rotatable bonds is 2. The van der Waals surface area contributed by atoms with Gasteiger partial charge in [-0.1, -0.05) is 78.4 Å². The molecule has 0 aliphatic rings.